The number of nitrogens with one attached hydrogen (secondary N) is 1. The zero-order valence-electron chi connectivity index (χ0n) is 20.5. The Balaban J connectivity index is 1.92. The molecule has 3 heterocycles. The molecule has 0 saturated heterocycles. The predicted octanol–water partition coefficient (Wildman–Crippen LogP) is 3.81. The quantitative estimate of drug-likeness (QED) is 0.366. The first-order chi connectivity index (χ1) is 17.9. The summed E-state index contributed by atoms with van der Waals surface area (Å²) < 4.78 is 52.8. The van der Waals surface area contributed by atoms with E-state index < -0.39 is 29.0 Å². The largest absolute Gasteiger partial charge is 0.497 e. The van der Waals surface area contributed by atoms with E-state index in [1.54, 1.807) is 18.2 Å². The van der Waals surface area contributed by atoms with Crippen LogP contribution in [0.5, 0.6) is 11.5 Å². The van der Waals surface area contributed by atoms with Crippen LogP contribution < -0.4 is 20.3 Å². The number of hydrogen-bond donors (Lipinski definition) is 2. The van der Waals surface area contributed by atoms with Gasteiger partial charge in [-0.1, -0.05) is 0 Å². The summed E-state index contributed by atoms with van der Waals surface area (Å²) in [6.45, 7) is 1.41. The molecular formula is C24H21F3N6O5. The normalized spacial score (nSPS) is 11.3. The van der Waals surface area contributed by atoms with Crippen molar-refractivity contribution in [3.63, 3.8) is 0 Å². The summed E-state index contributed by atoms with van der Waals surface area (Å²) in [5.74, 6) is -0.624. The Kier molecular flexibility index (Phi) is 6.81. The molecule has 0 aliphatic heterocycles. The van der Waals surface area contributed by atoms with Gasteiger partial charge in [-0.25, -0.2) is 14.5 Å². The van der Waals surface area contributed by atoms with Gasteiger partial charge in [-0.3, -0.25) is 4.79 Å². The van der Waals surface area contributed by atoms with E-state index >= 15 is 0 Å². The lowest BCUT2D eigenvalue weighted by Crippen LogP contribution is -2.24. The van der Waals surface area contributed by atoms with Crippen LogP contribution in [-0.4, -0.2) is 49.6 Å². The standard InChI is InChI=1S/C24H21F3N6O5/c1-12-5-19(24(25,26)27)31-33(12)20-18(13-6-17(22(35)36)21(34)32(2)11-13)10-28-23(30-20)29-14-7-15(37-3)9-16(8-14)38-4/h5-11H,1-4H3,(H,35,36)(H,28,29,30). The predicted molar refractivity (Wildman–Crippen MR) is 129 cm³/mol. The molecule has 0 unspecified atom stereocenters. The fourth-order valence-electron chi connectivity index (χ4n) is 3.65. The summed E-state index contributed by atoms with van der Waals surface area (Å²) >= 11 is 0. The highest BCUT2D eigenvalue weighted by molar-refractivity contribution is 5.89. The maximum atomic E-state index is 13.4. The molecule has 0 aliphatic rings. The second-order valence-corrected chi connectivity index (χ2v) is 8.10. The van der Waals surface area contributed by atoms with Gasteiger partial charge in [0.1, 0.15) is 17.1 Å². The number of rotatable bonds is 7. The van der Waals surface area contributed by atoms with Gasteiger partial charge < -0.3 is 24.5 Å². The van der Waals surface area contributed by atoms with Crippen LogP contribution >= 0.6 is 0 Å². The Morgan fingerprint density at radius 2 is 1.74 bits per heavy atom. The van der Waals surface area contributed by atoms with Crippen molar-refractivity contribution in [2.75, 3.05) is 19.5 Å². The molecule has 4 rings (SSSR count). The summed E-state index contributed by atoms with van der Waals surface area (Å²) in [6, 6.07) is 6.87. The number of alkyl halides is 3. The molecule has 0 radical (unpaired) electrons. The van der Waals surface area contributed by atoms with E-state index in [9.17, 15) is 27.9 Å². The molecule has 0 spiro atoms. The highest BCUT2D eigenvalue weighted by Gasteiger charge is 2.35. The van der Waals surface area contributed by atoms with Crippen LogP contribution in [0.4, 0.5) is 24.8 Å². The summed E-state index contributed by atoms with van der Waals surface area (Å²) in [6.07, 6.45) is -2.09. The minimum atomic E-state index is -4.71. The molecule has 3 aromatic heterocycles. The number of carboxylic acids is 1. The molecule has 0 atom stereocenters. The second kappa shape index (κ2) is 9.88. The number of halogens is 3. The van der Waals surface area contributed by atoms with Crippen molar-refractivity contribution in [3.8, 4) is 28.4 Å². The number of hydrogen-bond acceptors (Lipinski definition) is 8. The third-order valence-electron chi connectivity index (χ3n) is 5.48. The van der Waals surface area contributed by atoms with Crippen molar-refractivity contribution in [2.24, 2.45) is 7.05 Å². The van der Waals surface area contributed by atoms with Crippen molar-refractivity contribution in [3.05, 3.63) is 70.0 Å². The molecule has 198 valence electrons. The Hall–Kier alpha value is -4.88. The molecule has 0 fully saturated rings. The van der Waals surface area contributed by atoms with E-state index in [2.05, 4.69) is 20.4 Å². The lowest BCUT2D eigenvalue weighted by molar-refractivity contribution is -0.141. The zero-order chi connectivity index (χ0) is 27.8. The van der Waals surface area contributed by atoms with Crippen LogP contribution in [0.3, 0.4) is 0 Å². The number of pyridine rings is 1. The van der Waals surface area contributed by atoms with Crippen molar-refractivity contribution < 1.29 is 32.5 Å². The molecule has 11 nitrogen and oxygen atoms in total. The molecule has 0 amide bonds. The van der Waals surface area contributed by atoms with Gasteiger partial charge in [0.2, 0.25) is 5.95 Å². The highest BCUT2D eigenvalue weighted by atomic mass is 19.4. The maximum absolute atomic E-state index is 13.4. The fraction of sp³-hybridized carbons (Fsp3) is 0.208. The zero-order valence-corrected chi connectivity index (χ0v) is 20.5. The number of carbonyl (C=O) groups is 1. The number of nitrogens with zero attached hydrogens (tertiary/aromatic N) is 5. The van der Waals surface area contributed by atoms with Gasteiger partial charge in [0.25, 0.3) is 5.56 Å². The van der Waals surface area contributed by atoms with Crippen molar-refractivity contribution in [1.29, 1.82) is 0 Å². The van der Waals surface area contributed by atoms with Gasteiger partial charge in [0.05, 0.1) is 14.2 Å². The molecule has 1 aromatic carbocycles. The summed E-state index contributed by atoms with van der Waals surface area (Å²) in [4.78, 5) is 32.5. The minimum Gasteiger partial charge on any atom is -0.497 e. The number of ether oxygens (including phenoxy) is 2. The lowest BCUT2D eigenvalue weighted by Gasteiger charge is -2.15. The average molecular weight is 530 g/mol. The van der Waals surface area contributed by atoms with Crippen molar-refractivity contribution >= 4 is 17.6 Å². The number of benzene rings is 1. The van der Waals surface area contributed by atoms with E-state index in [0.29, 0.717) is 17.2 Å². The number of aryl methyl sites for hydroxylation is 2. The average Bonchev–Trinajstić information content (AvgIpc) is 3.27. The molecule has 2 N–H and O–H groups in total. The van der Waals surface area contributed by atoms with E-state index in [0.717, 1.165) is 21.4 Å². The SMILES string of the molecule is COc1cc(Nc2ncc(-c3cc(C(=O)O)c(=O)n(C)c3)c(-n3nc(C(F)(F)F)cc3C)n2)cc(OC)c1. The van der Waals surface area contributed by atoms with Gasteiger partial charge in [-0.05, 0) is 19.1 Å². The second-order valence-electron chi connectivity index (χ2n) is 8.10. The summed E-state index contributed by atoms with van der Waals surface area (Å²) in [5.41, 5.74) is -1.55. The number of anilines is 2. The monoisotopic (exact) mass is 530 g/mol. The van der Waals surface area contributed by atoms with Gasteiger partial charge in [0, 0.05) is 60.1 Å². The summed E-state index contributed by atoms with van der Waals surface area (Å²) in [7, 11) is 4.30. The fourth-order valence-corrected chi connectivity index (χ4v) is 3.65. The minimum absolute atomic E-state index is 0.00853. The van der Waals surface area contributed by atoms with Gasteiger partial charge in [0.15, 0.2) is 11.5 Å². The topological polar surface area (TPSA) is 133 Å². The van der Waals surface area contributed by atoms with E-state index in [4.69, 9.17) is 9.47 Å². The maximum Gasteiger partial charge on any atom is 0.435 e. The Labute approximate surface area is 213 Å². The van der Waals surface area contributed by atoms with Gasteiger partial charge in [-0.15, -0.1) is 0 Å². The lowest BCUT2D eigenvalue weighted by atomic mass is 10.1. The van der Waals surface area contributed by atoms with E-state index in [-0.39, 0.29) is 28.6 Å². The molecule has 38 heavy (non-hydrogen) atoms. The van der Waals surface area contributed by atoms with Gasteiger partial charge >= 0.3 is 12.1 Å². The van der Waals surface area contributed by atoms with E-state index in [1.807, 2.05) is 0 Å². The van der Waals surface area contributed by atoms with Crippen molar-refractivity contribution in [1.82, 2.24) is 24.3 Å². The van der Waals surface area contributed by atoms with Crippen LogP contribution in [0.1, 0.15) is 21.7 Å². The number of carboxylic acid groups (broad SMARTS) is 1. The first-order valence-corrected chi connectivity index (χ1v) is 10.9. The molecular weight excluding hydrogens is 509 g/mol. The number of methoxy groups -OCH3 is 2. The smallest absolute Gasteiger partial charge is 0.435 e. The summed E-state index contributed by atoms with van der Waals surface area (Å²) in [5, 5.41) is 16.1. The van der Waals surface area contributed by atoms with Crippen LogP contribution in [0, 0.1) is 6.92 Å². The van der Waals surface area contributed by atoms with E-state index in [1.165, 1.54) is 40.6 Å². The van der Waals surface area contributed by atoms with Crippen molar-refractivity contribution in [2.45, 2.75) is 13.1 Å². The first-order valence-electron chi connectivity index (χ1n) is 10.9. The first kappa shape index (κ1) is 26.2. The Morgan fingerprint density at radius 3 is 2.29 bits per heavy atom. The Morgan fingerprint density at radius 1 is 1.08 bits per heavy atom. The third kappa shape index (κ3) is 5.14. The third-order valence-corrected chi connectivity index (χ3v) is 5.48. The Bertz CT molecular complexity index is 1570. The highest BCUT2D eigenvalue weighted by Crippen LogP contribution is 2.33. The molecule has 0 bridgehead atoms. The van der Waals surface area contributed by atoms with Crippen LogP contribution in [0.25, 0.3) is 16.9 Å². The van der Waals surface area contributed by atoms with Crippen LogP contribution in [-0.2, 0) is 13.2 Å². The number of aromatic carboxylic acids is 1. The number of aromatic nitrogens is 5. The van der Waals surface area contributed by atoms with Crippen LogP contribution in [0.15, 0.2) is 47.5 Å². The molecule has 0 saturated carbocycles. The molecule has 4 aromatic rings. The molecule has 0 aliphatic carbocycles. The molecule has 14 heteroatoms. The van der Waals surface area contributed by atoms with Crippen LogP contribution in [0.2, 0.25) is 0 Å². The van der Waals surface area contributed by atoms with Gasteiger partial charge in [-0.2, -0.15) is 23.3 Å².